The van der Waals surface area contributed by atoms with Crippen molar-refractivity contribution in [2.75, 3.05) is 20.1 Å². The van der Waals surface area contributed by atoms with E-state index in [1.54, 1.807) is 0 Å². The van der Waals surface area contributed by atoms with Gasteiger partial charge in [0.15, 0.2) is 0 Å². The van der Waals surface area contributed by atoms with Gasteiger partial charge in [-0.05, 0) is 0 Å². The Kier molecular flexibility index (Phi) is 3.11. The predicted octanol–water partition coefficient (Wildman–Crippen LogP) is 0.377. The van der Waals surface area contributed by atoms with E-state index >= 15 is 0 Å². The normalized spacial score (nSPS) is 22.9. The summed E-state index contributed by atoms with van der Waals surface area (Å²) in [5.41, 5.74) is 0. The van der Waals surface area contributed by atoms with E-state index in [2.05, 4.69) is 28.9 Å². The fraction of sp³-hybridized carbons (Fsp3) is 0.857. The van der Waals surface area contributed by atoms with Gasteiger partial charge in [-0.15, -0.1) is 0 Å². The summed E-state index contributed by atoms with van der Waals surface area (Å²) in [6, 6.07) is 0. The van der Waals surface area contributed by atoms with Crippen LogP contribution in [0.2, 0.25) is 0 Å². The van der Waals surface area contributed by atoms with E-state index in [1.807, 2.05) is 0 Å². The SMILES string of the molecule is CN1CCC([C](O)=[V])CC1. The predicted molar refractivity (Wildman–Crippen MR) is 37.2 cm³/mol. The van der Waals surface area contributed by atoms with Gasteiger partial charge in [-0.25, -0.2) is 0 Å². The third-order valence-electron chi connectivity index (χ3n) is 2.08. The van der Waals surface area contributed by atoms with Gasteiger partial charge in [-0.1, -0.05) is 0 Å². The quantitative estimate of drug-likeness (QED) is 0.627. The average molecular weight is 178 g/mol. The summed E-state index contributed by atoms with van der Waals surface area (Å²) in [4.78, 5) is 2.30. The summed E-state index contributed by atoms with van der Waals surface area (Å²) in [7, 11) is 2.12. The van der Waals surface area contributed by atoms with E-state index in [0.29, 0.717) is 10.3 Å². The van der Waals surface area contributed by atoms with Crippen LogP contribution in [-0.4, -0.2) is 34.6 Å². The molecule has 1 N–H and O–H groups in total. The van der Waals surface area contributed by atoms with Crippen molar-refractivity contribution in [1.29, 1.82) is 0 Å². The molecule has 0 atom stereocenters. The van der Waals surface area contributed by atoms with Gasteiger partial charge in [0.05, 0.1) is 0 Å². The van der Waals surface area contributed by atoms with E-state index in [9.17, 15) is 0 Å². The second-order valence-corrected chi connectivity index (χ2v) is 3.65. The molecule has 0 amide bonds. The molecule has 0 aromatic heterocycles. The Labute approximate surface area is 70.7 Å². The van der Waals surface area contributed by atoms with Crippen LogP contribution in [0.15, 0.2) is 0 Å². The van der Waals surface area contributed by atoms with Gasteiger partial charge in [0.2, 0.25) is 0 Å². The van der Waals surface area contributed by atoms with Gasteiger partial charge in [0.25, 0.3) is 0 Å². The number of hydrogen-bond donors (Lipinski definition) is 1. The fourth-order valence-electron chi connectivity index (χ4n) is 1.27. The van der Waals surface area contributed by atoms with Gasteiger partial charge in [-0.2, -0.15) is 0 Å². The molecule has 57 valence electrons. The zero-order chi connectivity index (χ0) is 7.56. The minimum atomic E-state index is 0.441. The Hall–Kier alpha value is 0.374. The summed E-state index contributed by atoms with van der Waals surface area (Å²) in [6.07, 6.45) is 2.22. The first-order valence-electron chi connectivity index (χ1n) is 3.63. The summed E-state index contributed by atoms with van der Waals surface area (Å²) < 4.78 is 0.556. The Morgan fingerprint density at radius 2 is 2.00 bits per heavy atom. The molecule has 0 bridgehead atoms. The monoisotopic (exact) mass is 178 g/mol. The molecule has 1 fully saturated rings. The number of piperidine rings is 1. The molecule has 0 aromatic rings. The topological polar surface area (TPSA) is 23.5 Å². The number of aliphatic hydroxyl groups is 1. The first kappa shape index (κ1) is 8.47. The van der Waals surface area contributed by atoms with Crippen LogP contribution in [-0.2, 0) is 17.0 Å². The Morgan fingerprint density at radius 3 is 2.40 bits per heavy atom. The second kappa shape index (κ2) is 3.68. The van der Waals surface area contributed by atoms with Crippen LogP contribution in [0.3, 0.4) is 0 Å². The van der Waals surface area contributed by atoms with Crippen molar-refractivity contribution in [3.63, 3.8) is 0 Å². The molecular formula is C7H13NOV. The Morgan fingerprint density at radius 1 is 1.50 bits per heavy atom. The maximum absolute atomic E-state index is 9.13. The maximum atomic E-state index is 9.13. The van der Waals surface area contributed by atoms with Crippen LogP contribution in [0.5, 0.6) is 0 Å². The first-order chi connectivity index (χ1) is 4.70. The Balaban J connectivity index is 2.33. The third-order valence-corrected chi connectivity index (χ3v) is 2.65. The van der Waals surface area contributed by atoms with Crippen molar-refractivity contribution >= 4 is 4.41 Å². The number of nitrogens with zero attached hydrogens (tertiary/aromatic N) is 1. The van der Waals surface area contributed by atoms with Crippen LogP contribution in [0.25, 0.3) is 0 Å². The summed E-state index contributed by atoms with van der Waals surface area (Å²) in [6.45, 7) is 2.24. The van der Waals surface area contributed by atoms with E-state index in [4.69, 9.17) is 5.11 Å². The minimum absolute atomic E-state index is 0.441. The number of likely N-dealkylation sites (tertiary alicyclic amines) is 1. The van der Waals surface area contributed by atoms with Gasteiger partial charge in [0.1, 0.15) is 0 Å². The summed E-state index contributed by atoms with van der Waals surface area (Å²) >= 11 is 2.25. The van der Waals surface area contributed by atoms with Crippen molar-refractivity contribution in [1.82, 2.24) is 4.90 Å². The molecule has 1 aliphatic heterocycles. The van der Waals surface area contributed by atoms with E-state index < -0.39 is 0 Å². The summed E-state index contributed by atoms with van der Waals surface area (Å²) in [5.74, 6) is 0.441. The van der Waals surface area contributed by atoms with Crippen molar-refractivity contribution in [2.24, 2.45) is 5.92 Å². The molecule has 0 spiro atoms. The zero-order valence-corrected chi connectivity index (χ0v) is 7.64. The number of hydrogen-bond acceptors (Lipinski definition) is 2. The molecule has 0 aromatic carbocycles. The molecule has 1 heterocycles. The van der Waals surface area contributed by atoms with Crippen molar-refractivity contribution in [2.45, 2.75) is 12.8 Å². The van der Waals surface area contributed by atoms with E-state index in [0.717, 1.165) is 25.9 Å². The van der Waals surface area contributed by atoms with Gasteiger partial charge in [-0.3, -0.25) is 0 Å². The fourth-order valence-corrected chi connectivity index (χ4v) is 1.67. The van der Waals surface area contributed by atoms with Crippen LogP contribution in [0, 0.1) is 5.92 Å². The molecule has 0 unspecified atom stereocenters. The first-order valence-corrected chi connectivity index (χ1v) is 4.33. The molecule has 2 nitrogen and oxygen atoms in total. The van der Waals surface area contributed by atoms with E-state index in [-0.39, 0.29) is 0 Å². The summed E-state index contributed by atoms with van der Waals surface area (Å²) in [5, 5.41) is 9.13. The standard InChI is InChI=1S/C7H13NO.V/c1-8-4-2-7(6-9)3-5-8;/h7,9H,2-5H2,1H3;. The second-order valence-electron chi connectivity index (χ2n) is 2.94. The molecule has 0 aliphatic carbocycles. The van der Waals surface area contributed by atoms with Gasteiger partial charge >= 0.3 is 70.3 Å². The molecule has 0 saturated carbocycles. The van der Waals surface area contributed by atoms with E-state index in [1.165, 1.54) is 0 Å². The number of aliphatic hydroxyl groups excluding tert-OH is 1. The molecule has 3 heteroatoms. The zero-order valence-electron chi connectivity index (χ0n) is 6.25. The van der Waals surface area contributed by atoms with Crippen LogP contribution >= 0.6 is 0 Å². The molecule has 10 heavy (non-hydrogen) atoms. The van der Waals surface area contributed by atoms with Crippen LogP contribution < -0.4 is 0 Å². The molecule has 1 rings (SSSR count). The van der Waals surface area contributed by atoms with Crippen LogP contribution in [0.4, 0.5) is 0 Å². The van der Waals surface area contributed by atoms with Crippen molar-refractivity contribution in [3.8, 4) is 0 Å². The Bertz CT molecular complexity index is 130. The average Bonchev–Trinajstić information content (AvgIpc) is 1.88. The van der Waals surface area contributed by atoms with Crippen molar-refractivity contribution in [3.05, 3.63) is 0 Å². The van der Waals surface area contributed by atoms with Gasteiger partial charge < -0.3 is 0 Å². The molecule has 1 aliphatic rings. The molecule has 1 saturated heterocycles. The molecule has 0 radical (unpaired) electrons. The van der Waals surface area contributed by atoms with Crippen molar-refractivity contribution < 1.29 is 22.1 Å². The van der Waals surface area contributed by atoms with Crippen LogP contribution in [0.1, 0.15) is 12.8 Å². The molecular weight excluding hydrogens is 165 g/mol. The number of rotatable bonds is 1. The third kappa shape index (κ3) is 2.20. The van der Waals surface area contributed by atoms with Gasteiger partial charge in [0, 0.05) is 0 Å².